The van der Waals surface area contributed by atoms with Crippen LogP contribution in [0.5, 0.6) is 0 Å². The van der Waals surface area contributed by atoms with Gasteiger partial charge in [-0.25, -0.2) is 0 Å². The largest absolute Gasteiger partial charge is 0.298 e. The third kappa shape index (κ3) is 2.49. The van der Waals surface area contributed by atoms with Gasteiger partial charge in [0, 0.05) is 30.7 Å². The fourth-order valence-corrected chi connectivity index (χ4v) is 3.07. The molecule has 1 saturated heterocycles. The molecule has 0 radical (unpaired) electrons. The summed E-state index contributed by atoms with van der Waals surface area (Å²) in [7, 11) is 2.22. The van der Waals surface area contributed by atoms with E-state index in [-0.39, 0.29) is 0 Å². The molecule has 1 aliphatic rings. The van der Waals surface area contributed by atoms with Crippen LogP contribution in [-0.4, -0.2) is 34.5 Å². The summed E-state index contributed by atoms with van der Waals surface area (Å²) in [6.07, 6.45) is 5.07. The van der Waals surface area contributed by atoms with Crippen molar-refractivity contribution >= 4 is 11.8 Å². The standard InChI is InChI=1S/C11H16N2S/c1-13(11-4-7-14-9-11)8-10-2-5-12-6-3-10/h2-3,5-6,11H,4,7-9H2,1H3/t11-/m1/s1. The van der Waals surface area contributed by atoms with Crippen molar-refractivity contribution in [3.8, 4) is 0 Å². The molecule has 1 aromatic heterocycles. The molecule has 0 spiro atoms. The van der Waals surface area contributed by atoms with Gasteiger partial charge < -0.3 is 0 Å². The van der Waals surface area contributed by atoms with E-state index in [1.54, 1.807) is 0 Å². The number of hydrogen-bond acceptors (Lipinski definition) is 3. The van der Waals surface area contributed by atoms with Gasteiger partial charge in [0.2, 0.25) is 0 Å². The molecule has 0 aromatic carbocycles. The highest BCUT2D eigenvalue weighted by Crippen LogP contribution is 2.22. The first kappa shape index (κ1) is 9.99. The maximum Gasteiger partial charge on any atom is 0.0271 e. The van der Waals surface area contributed by atoms with Gasteiger partial charge in [-0.1, -0.05) is 0 Å². The molecular weight excluding hydrogens is 192 g/mol. The predicted octanol–water partition coefficient (Wildman–Crippen LogP) is 2.02. The SMILES string of the molecule is CN(Cc1ccncc1)[C@@H]1CCSC1. The smallest absolute Gasteiger partial charge is 0.0271 e. The summed E-state index contributed by atoms with van der Waals surface area (Å²) < 4.78 is 0. The lowest BCUT2D eigenvalue weighted by atomic mass is 10.2. The molecule has 1 aromatic rings. The third-order valence-electron chi connectivity index (χ3n) is 2.71. The summed E-state index contributed by atoms with van der Waals surface area (Å²) in [6.45, 7) is 1.05. The van der Waals surface area contributed by atoms with E-state index in [0.717, 1.165) is 12.6 Å². The average Bonchev–Trinajstić information content (AvgIpc) is 2.72. The van der Waals surface area contributed by atoms with Crippen molar-refractivity contribution in [3.05, 3.63) is 30.1 Å². The molecule has 0 aliphatic carbocycles. The molecule has 1 atom stereocenters. The van der Waals surface area contributed by atoms with Crippen molar-refractivity contribution in [2.24, 2.45) is 0 Å². The first-order chi connectivity index (χ1) is 6.86. The topological polar surface area (TPSA) is 16.1 Å². The first-order valence-electron chi connectivity index (χ1n) is 5.03. The highest BCUT2D eigenvalue weighted by molar-refractivity contribution is 7.99. The summed E-state index contributed by atoms with van der Waals surface area (Å²) in [5, 5.41) is 0. The molecule has 1 fully saturated rings. The van der Waals surface area contributed by atoms with Gasteiger partial charge in [-0.3, -0.25) is 9.88 Å². The molecule has 0 N–H and O–H groups in total. The van der Waals surface area contributed by atoms with Gasteiger partial charge in [0.25, 0.3) is 0 Å². The molecule has 2 heterocycles. The first-order valence-corrected chi connectivity index (χ1v) is 6.18. The quantitative estimate of drug-likeness (QED) is 0.756. The zero-order chi connectivity index (χ0) is 9.80. The van der Waals surface area contributed by atoms with E-state index in [1.807, 2.05) is 12.4 Å². The molecule has 2 nitrogen and oxygen atoms in total. The Morgan fingerprint density at radius 2 is 2.29 bits per heavy atom. The van der Waals surface area contributed by atoms with Crippen molar-refractivity contribution < 1.29 is 0 Å². The molecule has 0 amide bonds. The Kier molecular flexibility index (Phi) is 3.43. The number of rotatable bonds is 3. The highest BCUT2D eigenvalue weighted by Gasteiger charge is 2.19. The van der Waals surface area contributed by atoms with Gasteiger partial charge in [0.05, 0.1) is 0 Å². The van der Waals surface area contributed by atoms with Crippen LogP contribution in [0, 0.1) is 0 Å². The number of thioether (sulfide) groups is 1. The Morgan fingerprint density at radius 1 is 1.50 bits per heavy atom. The van der Waals surface area contributed by atoms with Crippen LogP contribution in [0.2, 0.25) is 0 Å². The second-order valence-electron chi connectivity index (χ2n) is 3.79. The molecule has 0 unspecified atom stereocenters. The van der Waals surface area contributed by atoms with Crippen molar-refractivity contribution in [1.29, 1.82) is 0 Å². The van der Waals surface area contributed by atoms with Crippen molar-refractivity contribution in [2.75, 3.05) is 18.6 Å². The van der Waals surface area contributed by atoms with Crippen molar-refractivity contribution in [2.45, 2.75) is 19.0 Å². The minimum atomic E-state index is 0.771. The molecular formula is C11H16N2S. The Balaban J connectivity index is 1.90. The molecule has 0 bridgehead atoms. The fourth-order valence-electron chi connectivity index (χ4n) is 1.77. The Morgan fingerprint density at radius 3 is 2.93 bits per heavy atom. The average molecular weight is 208 g/mol. The Hall–Kier alpha value is -0.540. The second-order valence-corrected chi connectivity index (χ2v) is 4.94. The minimum absolute atomic E-state index is 0.771. The van der Waals surface area contributed by atoms with Crippen LogP contribution in [0.15, 0.2) is 24.5 Å². The fraction of sp³-hybridized carbons (Fsp3) is 0.545. The monoisotopic (exact) mass is 208 g/mol. The summed E-state index contributed by atoms with van der Waals surface area (Å²) in [5.41, 5.74) is 1.36. The summed E-state index contributed by atoms with van der Waals surface area (Å²) in [4.78, 5) is 6.48. The lowest BCUT2D eigenvalue weighted by molar-refractivity contribution is 0.254. The minimum Gasteiger partial charge on any atom is -0.298 e. The number of nitrogens with zero attached hydrogens (tertiary/aromatic N) is 2. The van der Waals surface area contributed by atoms with Crippen LogP contribution in [0.4, 0.5) is 0 Å². The molecule has 14 heavy (non-hydrogen) atoms. The second kappa shape index (κ2) is 4.80. The summed E-state index contributed by atoms with van der Waals surface area (Å²) in [6, 6.07) is 4.96. The highest BCUT2D eigenvalue weighted by atomic mass is 32.2. The maximum atomic E-state index is 4.03. The van der Waals surface area contributed by atoms with E-state index in [4.69, 9.17) is 0 Å². The normalized spacial score (nSPS) is 21.7. The number of aromatic nitrogens is 1. The van der Waals surface area contributed by atoms with Crippen LogP contribution >= 0.6 is 11.8 Å². The molecule has 76 valence electrons. The molecule has 0 saturated carbocycles. The lowest BCUT2D eigenvalue weighted by Crippen LogP contribution is -2.30. The van der Waals surface area contributed by atoms with Gasteiger partial charge in [0.15, 0.2) is 0 Å². The van der Waals surface area contributed by atoms with Crippen LogP contribution in [-0.2, 0) is 6.54 Å². The van der Waals surface area contributed by atoms with Gasteiger partial charge in [-0.05, 0) is 36.9 Å². The van der Waals surface area contributed by atoms with Crippen LogP contribution < -0.4 is 0 Å². The number of pyridine rings is 1. The Bertz CT molecular complexity index is 270. The molecule has 1 aliphatic heterocycles. The van der Waals surface area contributed by atoms with E-state index < -0.39 is 0 Å². The van der Waals surface area contributed by atoms with Crippen LogP contribution in [0.3, 0.4) is 0 Å². The molecule has 3 heteroatoms. The van der Waals surface area contributed by atoms with Gasteiger partial charge >= 0.3 is 0 Å². The van der Waals surface area contributed by atoms with E-state index in [9.17, 15) is 0 Å². The lowest BCUT2D eigenvalue weighted by Gasteiger charge is -2.23. The zero-order valence-electron chi connectivity index (χ0n) is 8.52. The van der Waals surface area contributed by atoms with Crippen LogP contribution in [0.1, 0.15) is 12.0 Å². The van der Waals surface area contributed by atoms with E-state index in [1.165, 1.54) is 23.5 Å². The van der Waals surface area contributed by atoms with Crippen LogP contribution in [0.25, 0.3) is 0 Å². The van der Waals surface area contributed by atoms with Crippen molar-refractivity contribution in [1.82, 2.24) is 9.88 Å². The van der Waals surface area contributed by atoms with E-state index in [2.05, 4.69) is 40.8 Å². The Labute approximate surface area is 89.7 Å². The third-order valence-corrected chi connectivity index (χ3v) is 3.86. The molecule has 2 rings (SSSR count). The summed E-state index contributed by atoms with van der Waals surface area (Å²) >= 11 is 2.07. The number of hydrogen-bond donors (Lipinski definition) is 0. The van der Waals surface area contributed by atoms with Gasteiger partial charge in [0.1, 0.15) is 0 Å². The van der Waals surface area contributed by atoms with E-state index >= 15 is 0 Å². The van der Waals surface area contributed by atoms with E-state index in [0.29, 0.717) is 0 Å². The predicted molar refractivity (Wildman–Crippen MR) is 61.4 cm³/mol. The van der Waals surface area contributed by atoms with Crippen molar-refractivity contribution in [3.63, 3.8) is 0 Å². The zero-order valence-corrected chi connectivity index (χ0v) is 9.33. The van der Waals surface area contributed by atoms with Gasteiger partial charge in [-0.2, -0.15) is 11.8 Å². The summed E-state index contributed by atoms with van der Waals surface area (Å²) in [5.74, 6) is 2.62. The van der Waals surface area contributed by atoms with Gasteiger partial charge in [-0.15, -0.1) is 0 Å². The maximum absolute atomic E-state index is 4.03.